The summed E-state index contributed by atoms with van der Waals surface area (Å²) in [5.74, 6) is -1.68. The Balaban J connectivity index is 1.96. The van der Waals surface area contributed by atoms with Crippen LogP contribution in [0.15, 0.2) is 22.7 Å². The number of carbonyl (C=O) groups excluding carboxylic acids is 1. The summed E-state index contributed by atoms with van der Waals surface area (Å²) >= 11 is 3.13. The molecule has 1 aromatic carbocycles. The van der Waals surface area contributed by atoms with Gasteiger partial charge >= 0.3 is 5.97 Å². The van der Waals surface area contributed by atoms with Crippen molar-refractivity contribution in [2.75, 3.05) is 0 Å². The molecule has 0 spiro atoms. The van der Waals surface area contributed by atoms with Crippen molar-refractivity contribution >= 4 is 27.8 Å². The van der Waals surface area contributed by atoms with E-state index in [-0.39, 0.29) is 24.1 Å². The Kier molecular flexibility index (Phi) is 5.21. The Bertz CT molecular complexity index is 587. The van der Waals surface area contributed by atoms with Crippen LogP contribution in [0.5, 0.6) is 0 Å². The van der Waals surface area contributed by atoms with Crippen molar-refractivity contribution in [3.05, 3.63) is 34.1 Å². The van der Waals surface area contributed by atoms with E-state index in [4.69, 9.17) is 5.11 Å². The molecule has 22 heavy (non-hydrogen) atoms. The maximum absolute atomic E-state index is 13.2. The first-order valence-electron chi connectivity index (χ1n) is 7.29. The summed E-state index contributed by atoms with van der Waals surface area (Å²) in [5, 5.41) is 11.9. The van der Waals surface area contributed by atoms with Crippen LogP contribution in [0, 0.1) is 11.7 Å². The molecule has 1 fully saturated rings. The van der Waals surface area contributed by atoms with E-state index in [1.807, 2.05) is 0 Å². The SMILES string of the molecule is CC(Cc1ccc(F)c(Br)c1)C(=O)NC1(CC(=O)O)CCC1. The van der Waals surface area contributed by atoms with Crippen LogP contribution in [0.2, 0.25) is 0 Å². The van der Waals surface area contributed by atoms with Gasteiger partial charge in [0, 0.05) is 5.92 Å². The van der Waals surface area contributed by atoms with Crippen LogP contribution in [0.25, 0.3) is 0 Å². The number of aliphatic carboxylic acids is 1. The van der Waals surface area contributed by atoms with Gasteiger partial charge in [-0.25, -0.2) is 4.39 Å². The number of carbonyl (C=O) groups is 2. The van der Waals surface area contributed by atoms with Gasteiger partial charge in [-0.15, -0.1) is 0 Å². The molecular weight excluding hydrogens is 353 g/mol. The molecule has 6 heteroatoms. The Labute approximate surface area is 137 Å². The van der Waals surface area contributed by atoms with Crippen LogP contribution >= 0.6 is 15.9 Å². The lowest BCUT2D eigenvalue weighted by Gasteiger charge is -2.42. The standard InChI is InChI=1S/C16H19BrFNO3/c1-10(7-11-3-4-13(18)12(17)8-11)15(22)19-16(5-2-6-16)9-14(20)21/h3-4,8,10H,2,5-7,9H2,1H3,(H,19,22)(H,20,21). The van der Waals surface area contributed by atoms with E-state index in [2.05, 4.69) is 21.2 Å². The third kappa shape index (κ3) is 4.06. The highest BCUT2D eigenvalue weighted by Crippen LogP contribution is 2.35. The number of rotatable bonds is 6. The lowest BCUT2D eigenvalue weighted by atomic mass is 9.74. The van der Waals surface area contributed by atoms with Gasteiger partial charge in [-0.05, 0) is 59.3 Å². The first-order valence-corrected chi connectivity index (χ1v) is 8.08. The van der Waals surface area contributed by atoms with Crippen LogP contribution < -0.4 is 5.32 Å². The van der Waals surface area contributed by atoms with Gasteiger partial charge in [0.2, 0.25) is 5.91 Å². The maximum Gasteiger partial charge on any atom is 0.305 e. The predicted octanol–water partition coefficient (Wildman–Crippen LogP) is 3.28. The molecular formula is C16H19BrFNO3. The summed E-state index contributed by atoms with van der Waals surface area (Å²) in [6.07, 6.45) is 2.80. The molecule has 120 valence electrons. The summed E-state index contributed by atoms with van der Waals surface area (Å²) in [6.45, 7) is 1.79. The molecule has 1 amide bonds. The molecule has 1 aromatic rings. The molecule has 1 aliphatic rings. The third-order valence-corrected chi connectivity index (χ3v) is 4.77. The van der Waals surface area contributed by atoms with Crippen LogP contribution in [0.3, 0.4) is 0 Å². The van der Waals surface area contributed by atoms with E-state index in [0.29, 0.717) is 23.7 Å². The van der Waals surface area contributed by atoms with Gasteiger partial charge in [0.25, 0.3) is 0 Å². The quantitative estimate of drug-likeness (QED) is 0.806. The lowest BCUT2D eigenvalue weighted by Crippen LogP contribution is -2.56. The minimum absolute atomic E-state index is 0.0342. The van der Waals surface area contributed by atoms with Crippen LogP contribution in [0.1, 0.15) is 38.2 Å². The molecule has 1 unspecified atom stereocenters. The number of halogens is 2. The molecule has 4 nitrogen and oxygen atoms in total. The van der Waals surface area contributed by atoms with Crippen LogP contribution in [-0.4, -0.2) is 22.5 Å². The minimum Gasteiger partial charge on any atom is -0.481 e. The Hall–Kier alpha value is -1.43. The third-order valence-electron chi connectivity index (χ3n) is 4.16. The average molecular weight is 372 g/mol. The predicted molar refractivity (Wildman–Crippen MR) is 83.9 cm³/mol. The van der Waals surface area contributed by atoms with Crippen molar-refractivity contribution in [2.45, 2.75) is 44.6 Å². The largest absolute Gasteiger partial charge is 0.481 e. The minimum atomic E-state index is -0.893. The zero-order valence-corrected chi connectivity index (χ0v) is 14.0. The zero-order chi connectivity index (χ0) is 16.3. The first kappa shape index (κ1) is 16.9. The zero-order valence-electron chi connectivity index (χ0n) is 12.4. The summed E-state index contributed by atoms with van der Waals surface area (Å²) in [4.78, 5) is 23.2. The van der Waals surface area contributed by atoms with Crippen molar-refractivity contribution in [3.63, 3.8) is 0 Å². The van der Waals surface area contributed by atoms with Gasteiger partial charge in [0.05, 0.1) is 16.4 Å². The van der Waals surface area contributed by atoms with Gasteiger partial charge in [0.1, 0.15) is 5.82 Å². The Morgan fingerprint density at radius 2 is 2.14 bits per heavy atom. The van der Waals surface area contributed by atoms with Gasteiger partial charge < -0.3 is 10.4 Å². The summed E-state index contributed by atoms with van der Waals surface area (Å²) < 4.78 is 13.6. The molecule has 0 radical (unpaired) electrons. The molecule has 2 N–H and O–H groups in total. The monoisotopic (exact) mass is 371 g/mol. The Morgan fingerprint density at radius 1 is 1.45 bits per heavy atom. The topological polar surface area (TPSA) is 66.4 Å². The average Bonchev–Trinajstić information content (AvgIpc) is 2.39. The van der Waals surface area contributed by atoms with E-state index in [9.17, 15) is 14.0 Å². The summed E-state index contributed by atoms with van der Waals surface area (Å²) in [6, 6.07) is 4.68. The van der Waals surface area contributed by atoms with E-state index in [1.54, 1.807) is 19.1 Å². The first-order chi connectivity index (χ1) is 10.3. The number of hydrogen-bond acceptors (Lipinski definition) is 2. The van der Waals surface area contributed by atoms with Crippen LogP contribution in [-0.2, 0) is 16.0 Å². The molecule has 0 aliphatic heterocycles. The molecule has 1 atom stereocenters. The number of hydrogen-bond donors (Lipinski definition) is 2. The Morgan fingerprint density at radius 3 is 2.64 bits per heavy atom. The van der Waals surface area contributed by atoms with Gasteiger partial charge in [0.15, 0.2) is 0 Å². The van der Waals surface area contributed by atoms with E-state index in [0.717, 1.165) is 12.0 Å². The number of amides is 1. The fraction of sp³-hybridized carbons (Fsp3) is 0.500. The molecule has 0 heterocycles. The van der Waals surface area contributed by atoms with Crippen molar-refractivity contribution in [1.82, 2.24) is 5.32 Å². The second kappa shape index (κ2) is 6.77. The molecule has 0 saturated heterocycles. The summed E-state index contributed by atoms with van der Waals surface area (Å²) in [5.41, 5.74) is 0.275. The number of benzene rings is 1. The fourth-order valence-corrected chi connectivity index (χ4v) is 3.16. The number of nitrogens with one attached hydrogen (secondary N) is 1. The van der Waals surface area contributed by atoms with Crippen molar-refractivity contribution in [3.8, 4) is 0 Å². The molecule has 1 saturated carbocycles. The van der Waals surface area contributed by atoms with E-state index < -0.39 is 11.5 Å². The van der Waals surface area contributed by atoms with Crippen LogP contribution in [0.4, 0.5) is 4.39 Å². The smallest absolute Gasteiger partial charge is 0.305 e. The molecule has 1 aliphatic carbocycles. The molecule has 0 bridgehead atoms. The molecule has 0 aromatic heterocycles. The van der Waals surface area contributed by atoms with Crippen molar-refractivity contribution in [2.24, 2.45) is 5.92 Å². The van der Waals surface area contributed by atoms with Gasteiger partial charge in [-0.3, -0.25) is 9.59 Å². The molecule has 2 rings (SSSR count). The summed E-state index contributed by atoms with van der Waals surface area (Å²) in [7, 11) is 0. The number of carboxylic acid groups (broad SMARTS) is 1. The van der Waals surface area contributed by atoms with Gasteiger partial charge in [-0.2, -0.15) is 0 Å². The fourth-order valence-electron chi connectivity index (χ4n) is 2.74. The second-order valence-electron chi connectivity index (χ2n) is 6.05. The van der Waals surface area contributed by atoms with E-state index in [1.165, 1.54) is 6.07 Å². The van der Waals surface area contributed by atoms with E-state index >= 15 is 0 Å². The normalized spacial score (nSPS) is 17.4. The number of carboxylic acids is 1. The highest BCUT2D eigenvalue weighted by Gasteiger charge is 2.40. The van der Waals surface area contributed by atoms with Crippen molar-refractivity contribution < 1.29 is 19.1 Å². The second-order valence-corrected chi connectivity index (χ2v) is 6.90. The van der Waals surface area contributed by atoms with Gasteiger partial charge in [-0.1, -0.05) is 13.0 Å². The highest BCUT2D eigenvalue weighted by molar-refractivity contribution is 9.10. The lowest BCUT2D eigenvalue weighted by molar-refractivity contribution is -0.140. The highest BCUT2D eigenvalue weighted by atomic mass is 79.9. The van der Waals surface area contributed by atoms with Crippen molar-refractivity contribution in [1.29, 1.82) is 0 Å². The maximum atomic E-state index is 13.2.